The van der Waals surface area contributed by atoms with E-state index in [0.29, 0.717) is 5.69 Å². The van der Waals surface area contributed by atoms with Crippen LogP contribution in [0.15, 0.2) is 28.7 Å². The lowest BCUT2D eigenvalue weighted by molar-refractivity contribution is -0.133. The van der Waals surface area contributed by atoms with Gasteiger partial charge in [0.05, 0.1) is 0 Å². The molecule has 1 unspecified atom stereocenters. The zero-order valence-electron chi connectivity index (χ0n) is 8.68. The van der Waals surface area contributed by atoms with E-state index in [-0.39, 0.29) is 5.75 Å². The number of hydrogen-bond acceptors (Lipinski definition) is 3. The second-order valence-electron chi connectivity index (χ2n) is 3.18. The number of nitrogens with one attached hydrogen (secondary N) is 1. The van der Waals surface area contributed by atoms with E-state index in [9.17, 15) is 13.8 Å². The summed E-state index contributed by atoms with van der Waals surface area (Å²) in [4.78, 5) is 21.6. The van der Waals surface area contributed by atoms with Gasteiger partial charge in [-0.15, -0.1) is 0 Å². The molecule has 0 saturated carbocycles. The fourth-order valence-corrected chi connectivity index (χ4v) is 2.07. The smallest absolute Gasteiger partial charge is 0.316 e. The van der Waals surface area contributed by atoms with Crippen LogP contribution in [0.1, 0.15) is 0 Å². The largest absolute Gasteiger partial charge is 0.481 e. The van der Waals surface area contributed by atoms with Crippen molar-refractivity contribution >= 4 is 44.3 Å². The molecule has 1 atom stereocenters. The van der Waals surface area contributed by atoms with E-state index in [2.05, 4.69) is 21.2 Å². The Balaban J connectivity index is 2.47. The van der Waals surface area contributed by atoms with Gasteiger partial charge in [-0.2, -0.15) is 0 Å². The predicted molar refractivity (Wildman–Crippen MR) is 68.3 cm³/mol. The highest BCUT2D eigenvalue weighted by Gasteiger charge is 2.11. The Morgan fingerprint density at radius 3 is 2.35 bits per heavy atom. The molecule has 5 nitrogen and oxygen atoms in total. The standard InChI is InChI=1S/C10H10BrNO4S/c11-7-1-3-8(4-2-7)12-9(13)5-17(16)6-10(14)15/h1-4H,5-6H2,(H,12,13)(H,14,15). The van der Waals surface area contributed by atoms with Crippen LogP contribution in [0.4, 0.5) is 5.69 Å². The molecule has 92 valence electrons. The van der Waals surface area contributed by atoms with Crippen molar-refractivity contribution in [3.8, 4) is 0 Å². The maximum Gasteiger partial charge on any atom is 0.316 e. The summed E-state index contributed by atoms with van der Waals surface area (Å²) >= 11 is 3.25. The van der Waals surface area contributed by atoms with E-state index in [1.807, 2.05) is 0 Å². The van der Waals surface area contributed by atoms with Gasteiger partial charge in [0.1, 0.15) is 11.5 Å². The molecule has 0 heterocycles. The number of carbonyl (C=O) groups is 2. The Hall–Kier alpha value is -1.21. The maximum atomic E-state index is 11.4. The van der Waals surface area contributed by atoms with Crippen molar-refractivity contribution in [3.63, 3.8) is 0 Å². The van der Waals surface area contributed by atoms with Crippen LogP contribution in [0, 0.1) is 0 Å². The molecule has 7 heteroatoms. The van der Waals surface area contributed by atoms with Gasteiger partial charge >= 0.3 is 5.97 Å². The third-order valence-corrected chi connectivity index (χ3v) is 3.39. The summed E-state index contributed by atoms with van der Waals surface area (Å²) in [6.45, 7) is 0. The number of benzene rings is 1. The van der Waals surface area contributed by atoms with E-state index in [0.717, 1.165) is 4.47 Å². The van der Waals surface area contributed by atoms with Crippen molar-refractivity contribution in [2.75, 3.05) is 16.8 Å². The number of halogens is 1. The first kappa shape index (κ1) is 13.9. The van der Waals surface area contributed by atoms with Gasteiger partial charge in [-0.05, 0) is 24.3 Å². The molecule has 0 aliphatic heterocycles. The molecule has 17 heavy (non-hydrogen) atoms. The molecule has 0 spiro atoms. The molecule has 2 N–H and O–H groups in total. The lowest BCUT2D eigenvalue weighted by Crippen LogP contribution is -2.23. The number of amides is 1. The first-order chi connectivity index (χ1) is 7.97. The molecule has 0 fully saturated rings. The highest BCUT2D eigenvalue weighted by atomic mass is 79.9. The Labute approximate surface area is 109 Å². The lowest BCUT2D eigenvalue weighted by atomic mass is 10.3. The van der Waals surface area contributed by atoms with Crippen molar-refractivity contribution in [2.45, 2.75) is 0 Å². The van der Waals surface area contributed by atoms with Crippen LogP contribution in [0.5, 0.6) is 0 Å². The van der Waals surface area contributed by atoms with Crippen molar-refractivity contribution in [3.05, 3.63) is 28.7 Å². The SMILES string of the molecule is O=C(O)CS(=O)CC(=O)Nc1ccc(Br)cc1. The van der Waals surface area contributed by atoms with Gasteiger partial charge < -0.3 is 10.4 Å². The number of carboxylic acids is 1. The second kappa shape index (κ2) is 6.51. The number of hydrogen-bond donors (Lipinski definition) is 2. The lowest BCUT2D eigenvalue weighted by Gasteiger charge is -2.04. The molecule has 0 aromatic heterocycles. The fraction of sp³-hybridized carbons (Fsp3) is 0.200. The first-order valence-electron chi connectivity index (χ1n) is 4.59. The van der Waals surface area contributed by atoms with Crippen LogP contribution in [0.25, 0.3) is 0 Å². The molecule has 0 aliphatic rings. The molecule has 1 aromatic rings. The summed E-state index contributed by atoms with van der Waals surface area (Å²) < 4.78 is 12.0. The minimum Gasteiger partial charge on any atom is -0.481 e. The van der Waals surface area contributed by atoms with Crippen molar-refractivity contribution in [2.24, 2.45) is 0 Å². The number of rotatable bonds is 5. The number of anilines is 1. The number of carbonyl (C=O) groups excluding carboxylic acids is 1. The number of carboxylic acid groups (broad SMARTS) is 1. The van der Waals surface area contributed by atoms with E-state index in [4.69, 9.17) is 5.11 Å². The highest BCUT2D eigenvalue weighted by molar-refractivity contribution is 9.10. The average molecular weight is 320 g/mol. The monoisotopic (exact) mass is 319 g/mol. The quantitative estimate of drug-likeness (QED) is 0.854. The van der Waals surface area contributed by atoms with Gasteiger partial charge in [0.2, 0.25) is 5.91 Å². The first-order valence-corrected chi connectivity index (χ1v) is 6.87. The van der Waals surface area contributed by atoms with Crippen LogP contribution in [0.2, 0.25) is 0 Å². The maximum absolute atomic E-state index is 11.4. The highest BCUT2D eigenvalue weighted by Crippen LogP contribution is 2.13. The van der Waals surface area contributed by atoms with E-state index in [1.54, 1.807) is 24.3 Å². The van der Waals surface area contributed by atoms with Gasteiger partial charge in [0.25, 0.3) is 0 Å². The van der Waals surface area contributed by atoms with Crippen molar-refractivity contribution in [1.82, 2.24) is 0 Å². The normalized spacial score (nSPS) is 11.8. The van der Waals surface area contributed by atoms with Gasteiger partial charge in [0, 0.05) is 21.0 Å². The zero-order chi connectivity index (χ0) is 12.8. The van der Waals surface area contributed by atoms with Gasteiger partial charge in [-0.25, -0.2) is 0 Å². The Kier molecular flexibility index (Phi) is 5.30. The molecular weight excluding hydrogens is 310 g/mol. The fourth-order valence-electron chi connectivity index (χ4n) is 1.07. The molecule has 1 rings (SSSR count). The van der Waals surface area contributed by atoms with Crippen LogP contribution in [-0.4, -0.2) is 32.7 Å². The minimum atomic E-state index is -1.68. The summed E-state index contributed by atoms with van der Waals surface area (Å²) in [6, 6.07) is 6.87. The third-order valence-electron chi connectivity index (χ3n) is 1.70. The van der Waals surface area contributed by atoms with Crippen LogP contribution < -0.4 is 5.32 Å². The van der Waals surface area contributed by atoms with Gasteiger partial charge in [-0.1, -0.05) is 15.9 Å². The zero-order valence-corrected chi connectivity index (χ0v) is 11.1. The Bertz CT molecular complexity index is 446. The van der Waals surface area contributed by atoms with E-state index >= 15 is 0 Å². The van der Waals surface area contributed by atoms with Crippen LogP contribution >= 0.6 is 15.9 Å². The average Bonchev–Trinajstić information content (AvgIpc) is 2.19. The van der Waals surface area contributed by atoms with Crippen LogP contribution in [0.3, 0.4) is 0 Å². The predicted octanol–water partition coefficient (Wildman–Crippen LogP) is 1.22. The Morgan fingerprint density at radius 2 is 1.82 bits per heavy atom. The topological polar surface area (TPSA) is 83.5 Å². The summed E-state index contributed by atoms with van der Waals surface area (Å²) in [5.74, 6) is -2.48. The molecule has 1 amide bonds. The van der Waals surface area contributed by atoms with Crippen LogP contribution in [-0.2, 0) is 20.4 Å². The Morgan fingerprint density at radius 1 is 1.24 bits per heavy atom. The van der Waals surface area contributed by atoms with Crippen molar-refractivity contribution in [1.29, 1.82) is 0 Å². The van der Waals surface area contributed by atoms with Gasteiger partial charge in [-0.3, -0.25) is 13.8 Å². The van der Waals surface area contributed by atoms with E-state index < -0.39 is 28.4 Å². The number of aliphatic carboxylic acids is 1. The summed E-state index contributed by atoms with van der Waals surface area (Å²) in [5.41, 5.74) is 0.575. The molecule has 0 saturated heterocycles. The minimum absolute atomic E-state index is 0.317. The summed E-state index contributed by atoms with van der Waals surface area (Å²) in [5, 5.41) is 10.9. The molecule has 0 bridgehead atoms. The second-order valence-corrected chi connectivity index (χ2v) is 5.55. The van der Waals surface area contributed by atoms with Crippen molar-refractivity contribution < 1.29 is 18.9 Å². The molecule has 0 aliphatic carbocycles. The molecule has 1 aromatic carbocycles. The van der Waals surface area contributed by atoms with E-state index in [1.165, 1.54) is 0 Å². The third kappa shape index (κ3) is 5.60. The molecule has 0 radical (unpaired) electrons. The summed E-state index contributed by atoms with van der Waals surface area (Å²) in [7, 11) is -1.68. The van der Waals surface area contributed by atoms with Gasteiger partial charge in [0.15, 0.2) is 0 Å². The summed E-state index contributed by atoms with van der Waals surface area (Å²) in [6.07, 6.45) is 0. The molecular formula is C10H10BrNO4S.